The molecule has 3 aromatic heterocycles. The van der Waals surface area contributed by atoms with Crippen LogP contribution in [-0.4, -0.2) is 35.2 Å². The Morgan fingerprint density at radius 1 is 1.20 bits per heavy atom. The molecule has 1 aromatic carbocycles. The second-order valence-electron chi connectivity index (χ2n) is 9.10. The molecule has 9 nitrogen and oxygen atoms in total. The number of hydrogen-bond acceptors (Lipinski definition) is 6. The van der Waals surface area contributed by atoms with Gasteiger partial charge in [0.2, 0.25) is 0 Å². The molecule has 0 spiro atoms. The van der Waals surface area contributed by atoms with Gasteiger partial charge >= 0.3 is 0 Å². The third kappa shape index (κ3) is 4.53. The van der Waals surface area contributed by atoms with E-state index in [2.05, 4.69) is 39.3 Å². The van der Waals surface area contributed by atoms with Crippen molar-refractivity contribution in [1.29, 1.82) is 0 Å². The van der Waals surface area contributed by atoms with Gasteiger partial charge in [-0.1, -0.05) is 19.9 Å². The molecule has 0 bridgehead atoms. The van der Waals surface area contributed by atoms with Crippen molar-refractivity contribution < 1.29 is 4.79 Å². The number of carbonyl (C=O) groups is 1. The van der Waals surface area contributed by atoms with Crippen molar-refractivity contribution in [2.24, 2.45) is 0 Å². The zero-order chi connectivity index (χ0) is 24.5. The van der Waals surface area contributed by atoms with Crippen LogP contribution in [0.1, 0.15) is 73.1 Å². The molecule has 1 fully saturated rings. The van der Waals surface area contributed by atoms with Gasteiger partial charge in [0, 0.05) is 23.8 Å². The second-order valence-corrected chi connectivity index (χ2v) is 9.10. The van der Waals surface area contributed by atoms with Crippen molar-refractivity contribution in [3.63, 3.8) is 0 Å². The van der Waals surface area contributed by atoms with Gasteiger partial charge in [-0.3, -0.25) is 4.79 Å². The lowest BCUT2D eigenvalue weighted by Crippen LogP contribution is -2.16. The van der Waals surface area contributed by atoms with Gasteiger partial charge in [0.15, 0.2) is 5.82 Å². The lowest BCUT2D eigenvalue weighted by Gasteiger charge is -2.16. The third-order valence-electron chi connectivity index (χ3n) is 6.62. The summed E-state index contributed by atoms with van der Waals surface area (Å²) in [5, 5.41) is 11.3. The van der Waals surface area contributed by atoms with Crippen LogP contribution < -0.4 is 11.1 Å². The number of nitrogens with zero attached hydrogens (tertiary/aromatic N) is 6. The first-order valence-electron chi connectivity index (χ1n) is 12.1. The fourth-order valence-electron chi connectivity index (χ4n) is 4.44. The number of carbonyl (C=O) groups excluding carboxylic acids is 1. The smallest absolute Gasteiger partial charge is 0.258 e. The van der Waals surface area contributed by atoms with Crippen LogP contribution in [0.15, 0.2) is 49.2 Å². The first-order valence-corrected chi connectivity index (χ1v) is 12.1. The molecule has 1 aliphatic carbocycles. The first-order chi connectivity index (χ1) is 17.0. The van der Waals surface area contributed by atoms with Gasteiger partial charge in [-0.2, -0.15) is 0 Å². The van der Waals surface area contributed by atoms with Crippen LogP contribution in [0.4, 0.5) is 11.5 Å². The minimum atomic E-state index is -0.322. The SMILES string of the molecule is CCC(CC)n1cnnc1-c1cccc(NC(=O)c2cc(-n3cnc(C4CC4)c3)c(C)cc2N)n1. The van der Waals surface area contributed by atoms with Crippen molar-refractivity contribution >= 4 is 17.4 Å². The Balaban J connectivity index is 1.41. The molecule has 9 heteroatoms. The summed E-state index contributed by atoms with van der Waals surface area (Å²) in [6.07, 6.45) is 9.88. The molecule has 1 saturated carbocycles. The van der Waals surface area contributed by atoms with Crippen molar-refractivity contribution in [1.82, 2.24) is 29.3 Å². The minimum absolute atomic E-state index is 0.287. The number of nitrogens with one attached hydrogen (secondary N) is 1. The fraction of sp³-hybridized carbons (Fsp3) is 0.346. The van der Waals surface area contributed by atoms with E-state index in [4.69, 9.17) is 5.73 Å². The summed E-state index contributed by atoms with van der Waals surface area (Å²) >= 11 is 0. The van der Waals surface area contributed by atoms with E-state index in [1.165, 1.54) is 12.8 Å². The summed E-state index contributed by atoms with van der Waals surface area (Å²) in [6.45, 7) is 6.25. The number of rotatable bonds is 8. The molecule has 0 unspecified atom stereocenters. The maximum Gasteiger partial charge on any atom is 0.258 e. The van der Waals surface area contributed by atoms with E-state index in [9.17, 15) is 4.79 Å². The molecule has 35 heavy (non-hydrogen) atoms. The molecular weight excluding hydrogens is 440 g/mol. The topological polar surface area (TPSA) is 117 Å². The molecule has 5 rings (SSSR count). The third-order valence-corrected chi connectivity index (χ3v) is 6.62. The van der Waals surface area contributed by atoms with Crippen LogP contribution in [0.5, 0.6) is 0 Å². The van der Waals surface area contributed by atoms with E-state index < -0.39 is 0 Å². The van der Waals surface area contributed by atoms with Gasteiger partial charge in [-0.15, -0.1) is 10.2 Å². The second kappa shape index (κ2) is 9.32. The number of hydrogen-bond donors (Lipinski definition) is 2. The van der Waals surface area contributed by atoms with E-state index in [0.717, 1.165) is 29.8 Å². The van der Waals surface area contributed by atoms with E-state index in [-0.39, 0.29) is 11.9 Å². The normalized spacial score (nSPS) is 13.4. The predicted octanol–water partition coefficient (Wildman–Crippen LogP) is 4.91. The molecule has 1 aliphatic rings. The number of amides is 1. The van der Waals surface area contributed by atoms with Gasteiger partial charge in [0.05, 0.1) is 23.3 Å². The molecule has 0 atom stereocenters. The summed E-state index contributed by atoms with van der Waals surface area (Å²) in [5.74, 6) is 1.34. The molecule has 1 amide bonds. The highest BCUT2D eigenvalue weighted by atomic mass is 16.1. The van der Waals surface area contributed by atoms with Gasteiger partial charge in [-0.25, -0.2) is 9.97 Å². The summed E-state index contributed by atoms with van der Waals surface area (Å²) in [4.78, 5) is 22.4. The number of anilines is 2. The number of aryl methyl sites for hydroxylation is 1. The van der Waals surface area contributed by atoms with Crippen molar-refractivity contribution in [2.45, 2.75) is 58.4 Å². The molecule has 0 aliphatic heterocycles. The Labute approximate surface area is 204 Å². The number of nitrogen functional groups attached to an aromatic ring is 1. The van der Waals surface area contributed by atoms with E-state index in [0.29, 0.717) is 34.5 Å². The van der Waals surface area contributed by atoms with Gasteiger partial charge in [0.25, 0.3) is 5.91 Å². The van der Waals surface area contributed by atoms with E-state index in [1.807, 2.05) is 46.5 Å². The van der Waals surface area contributed by atoms with Gasteiger partial charge in [0.1, 0.15) is 17.8 Å². The molecule has 180 valence electrons. The van der Waals surface area contributed by atoms with Crippen LogP contribution in [-0.2, 0) is 0 Å². The number of pyridine rings is 1. The maximum atomic E-state index is 13.2. The average molecular weight is 471 g/mol. The fourth-order valence-corrected chi connectivity index (χ4v) is 4.44. The van der Waals surface area contributed by atoms with E-state index >= 15 is 0 Å². The van der Waals surface area contributed by atoms with E-state index in [1.54, 1.807) is 18.7 Å². The number of imidazole rings is 1. The minimum Gasteiger partial charge on any atom is -0.398 e. The molecular formula is C26H30N8O. The molecule has 3 N–H and O–H groups in total. The molecule has 4 aromatic rings. The predicted molar refractivity (Wildman–Crippen MR) is 136 cm³/mol. The van der Waals surface area contributed by atoms with Gasteiger partial charge < -0.3 is 20.2 Å². The quantitative estimate of drug-likeness (QED) is 0.354. The van der Waals surface area contributed by atoms with Crippen LogP contribution in [0.25, 0.3) is 17.2 Å². The molecule has 0 saturated heterocycles. The Hall–Kier alpha value is -4.01. The van der Waals surface area contributed by atoms with Crippen LogP contribution in [0.3, 0.4) is 0 Å². The summed E-state index contributed by atoms with van der Waals surface area (Å²) in [7, 11) is 0. The molecule has 0 radical (unpaired) electrons. The average Bonchev–Trinajstić information content (AvgIpc) is 3.38. The first kappa shape index (κ1) is 22.8. The lowest BCUT2D eigenvalue weighted by molar-refractivity contribution is 0.102. The zero-order valence-corrected chi connectivity index (χ0v) is 20.3. The highest BCUT2D eigenvalue weighted by Crippen LogP contribution is 2.39. The standard InChI is InChI=1S/C26H30N8O/c1-4-18(5-2)34-15-29-32-25(34)21-7-6-8-24(30-21)31-26(35)19-12-23(16(3)11-20(19)27)33-13-22(28-14-33)17-9-10-17/h6-8,11-15,17-18H,4-5,9-10,27H2,1-3H3,(H,30,31,35). The van der Waals surface area contributed by atoms with Crippen LogP contribution in [0, 0.1) is 6.92 Å². The summed E-state index contributed by atoms with van der Waals surface area (Å²) in [5.41, 5.74) is 10.6. The number of benzene rings is 1. The highest BCUT2D eigenvalue weighted by molar-refractivity contribution is 6.08. The number of aromatic nitrogens is 6. The van der Waals surface area contributed by atoms with Crippen molar-refractivity contribution in [3.05, 3.63) is 66.0 Å². The zero-order valence-electron chi connectivity index (χ0n) is 20.3. The Bertz CT molecular complexity index is 1360. The van der Waals surface area contributed by atoms with Crippen LogP contribution >= 0.6 is 0 Å². The monoisotopic (exact) mass is 470 g/mol. The Morgan fingerprint density at radius 3 is 2.74 bits per heavy atom. The van der Waals surface area contributed by atoms with Crippen molar-refractivity contribution in [3.8, 4) is 17.2 Å². The maximum absolute atomic E-state index is 13.2. The van der Waals surface area contributed by atoms with Crippen LogP contribution in [0.2, 0.25) is 0 Å². The molecule has 3 heterocycles. The highest BCUT2D eigenvalue weighted by Gasteiger charge is 2.26. The van der Waals surface area contributed by atoms with Gasteiger partial charge in [-0.05, 0) is 62.4 Å². The Morgan fingerprint density at radius 2 is 2.00 bits per heavy atom. The summed E-state index contributed by atoms with van der Waals surface area (Å²) < 4.78 is 4.00. The number of nitrogens with two attached hydrogens (primary N) is 1. The van der Waals surface area contributed by atoms with Crippen molar-refractivity contribution in [2.75, 3.05) is 11.1 Å². The Kier molecular flexibility index (Phi) is 6.07. The summed E-state index contributed by atoms with van der Waals surface area (Å²) in [6, 6.07) is 9.39. The largest absolute Gasteiger partial charge is 0.398 e. The lowest BCUT2D eigenvalue weighted by atomic mass is 10.1.